The van der Waals surface area contributed by atoms with Gasteiger partial charge in [0.15, 0.2) is 6.29 Å². The molecule has 0 radical (unpaired) electrons. The van der Waals surface area contributed by atoms with Gasteiger partial charge in [-0.15, -0.1) is 0 Å². The first-order chi connectivity index (χ1) is 3.10. The third-order valence-electron chi connectivity index (χ3n) is 0.769. The average molecular weight is 104 g/mol. The molecule has 0 aromatic rings. The van der Waals surface area contributed by atoms with Crippen LogP contribution in [-0.2, 0) is 9.47 Å². The molecule has 0 atom stereocenters. The first-order valence-electron chi connectivity index (χ1n) is 2.18. The minimum atomic E-state index is -1.31. The van der Waals surface area contributed by atoms with E-state index in [-0.39, 0.29) is 6.29 Å². The van der Waals surface area contributed by atoms with E-state index >= 15 is 0 Å². The van der Waals surface area contributed by atoms with Gasteiger partial charge in [-0.2, -0.15) is 0 Å². The molecule has 0 aromatic heterocycles. The summed E-state index contributed by atoms with van der Waals surface area (Å²) in [5.74, 6) is -1.31. The van der Waals surface area contributed by atoms with Crippen molar-refractivity contribution in [1.29, 1.82) is 0 Å². The van der Waals surface area contributed by atoms with Crippen LogP contribution in [0.3, 0.4) is 0 Å². The number of ether oxygens (including phenoxy) is 2. The maximum absolute atomic E-state index is 8.64. The lowest BCUT2D eigenvalue weighted by Crippen LogP contribution is -2.49. The number of rotatable bonds is 0. The van der Waals surface area contributed by atoms with E-state index in [1.165, 1.54) is 6.92 Å². The minimum Gasteiger partial charge on any atom is -0.343 e. The molecule has 0 aromatic carbocycles. The molecule has 0 unspecified atom stereocenters. The molecule has 0 bridgehead atoms. The molecule has 7 heavy (non-hydrogen) atoms. The zero-order valence-electron chi connectivity index (χ0n) is 4.34. The topological polar surface area (TPSA) is 38.7 Å². The fourth-order valence-electron chi connectivity index (χ4n) is 0.625. The molecule has 3 heteroatoms. The lowest BCUT2D eigenvalue weighted by molar-refractivity contribution is -0.518. The molecule has 1 aliphatic heterocycles. The first-order valence-corrected chi connectivity index (χ1v) is 2.18. The zero-order chi connectivity index (χ0) is 5.49. The first kappa shape index (κ1) is 5.03. The van der Waals surface area contributed by atoms with Crippen molar-refractivity contribution in [1.82, 2.24) is 0 Å². The summed E-state index contributed by atoms with van der Waals surface area (Å²) in [7, 11) is 0. The molecule has 1 N–H and O–H groups in total. The normalized spacial score (nSPS) is 51.0. The Morgan fingerprint density at radius 1 is 1.57 bits per heavy atom. The summed E-state index contributed by atoms with van der Waals surface area (Å²) >= 11 is 0. The van der Waals surface area contributed by atoms with Gasteiger partial charge in [-0.05, 0) is 6.92 Å². The van der Waals surface area contributed by atoms with Crippen LogP contribution >= 0.6 is 0 Å². The third-order valence-corrected chi connectivity index (χ3v) is 0.769. The molecule has 0 saturated carbocycles. The molecule has 1 saturated heterocycles. The van der Waals surface area contributed by atoms with Crippen LogP contribution in [0.1, 0.15) is 13.8 Å². The van der Waals surface area contributed by atoms with Gasteiger partial charge >= 0.3 is 0 Å². The van der Waals surface area contributed by atoms with Crippen LogP contribution in [0.15, 0.2) is 0 Å². The van der Waals surface area contributed by atoms with Crippen LogP contribution < -0.4 is 0 Å². The van der Waals surface area contributed by atoms with Crippen molar-refractivity contribution in [3.05, 3.63) is 0 Å². The van der Waals surface area contributed by atoms with Crippen molar-refractivity contribution in [2.24, 2.45) is 0 Å². The Balaban J connectivity index is 2.29. The molecule has 1 rings (SSSR count). The SMILES string of the molecule is CC1OC(C)(O)O1. The Labute approximate surface area is 41.8 Å². The van der Waals surface area contributed by atoms with Crippen molar-refractivity contribution in [3.63, 3.8) is 0 Å². The van der Waals surface area contributed by atoms with E-state index in [4.69, 9.17) is 5.11 Å². The van der Waals surface area contributed by atoms with Gasteiger partial charge in [-0.1, -0.05) is 0 Å². The third kappa shape index (κ3) is 0.907. The van der Waals surface area contributed by atoms with Gasteiger partial charge in [0.25, 0.3) is 5.97 Å². The van der Waals surface area contributed by atoms with Gasteiger partial charge in [0.2, 0.25) is 0 Å². The molecule has 1 heterocycles. The van der Waals surface area contributed by atoms with E-state index < -0.39 is 5.97 Å². The summed E-state index contributed by atoms with van der Waals surface area (Å²) in [6.07, 6.45) is -0.241. The summed E-state index contributed by atoms with van der Waals surface area (Å²) < 4.78 is 9.32. The fourth-order valence-corrected chi connectivity index (χ4v) is 0.625. The summed E-state index contributed by atoms with van der Waals surface area (Å²) in [5.41, 5.74) is 0. The van der Waals surface area contributed by atoms with E-state index in [0.717, 1.165) is 0 Å². The number of hydrogen-bond donors (Lipinski definition) is 1. The largest absolute Gasteiger partial charge is 0.343 e. The molecule has 0 spiro atoms. The number of hydrogen-bond acceptors (Lipinski definition) is 3. The summed E-state index contributed by atoms with van der Waals surface area (Å²) in [5, 5.41) is 8.64. The molecule has 3 nitrogen and oxygen atoms in total. The molecular formula is C4H8O3. The van der Waals surface area contributed by atoms with Gasteiger partial charge < -0.3 is 5.11 Å². The Bertz CT molecular complexity index is 71.0. The minimum absolute atomic E-state index is 0.241. The zero-order valence-corrected chi connectivity index (χ0v) is 4.34. The number of aliphatic hydroxyl groups is 1. The Morgan fingerprint density at radius 2 is 2.00 bits per heavy atom. The van der Waals surface area contributed by atoms with Crippen LogP contribution in [-0.4, -0.2) is 17.4 Å². The maximum Gasteiger partial charge on any atom is 0.281 e. The Hall–Kier alpha value is -0.120. The second-order valence-corrected chi connectivity index (χ2v) is 1.70. The van der Waals surface area contributed by atoms with E-state index in [1.54, 1.807) is 6.92 Å². The maximum atomic E-state index is 8.64. The Kier molecular flexibility index (Phi) is 0.849. The Morgan fingerprint density at radius 3 is 2.00 bits per heavy atom. The van der Waals surface area contributed by atoms with Crippen LogP contribution in [0.25, 0.3) is 0 Å². The highest BCUT2D eigenvalue weighted by atomic mass is 17.0. The van der Waals surface area contributed by atoms with Gasteiger partial charge in [-0.25, -0.2) is 0 Å². The smallest absolute Gasteiger partial charge is 0.281 e. The van der Waals surface area contributed by atoms with E-state index in [9.17, 15) is 0 Å². The molecule has 1 fully saturated rings. The molecule has 42 valence electrons. The van der Waals surface area contributed by atoms with Crippen molar-refractivity contribution in [2.75, 3.05) is 0 Å². The second-order valence-electron chi connectivity index (χ2n) is 1.70. The summed E-state index contributed by atoms with van der Waals surface area (Å²) in [4.78, 5) is 0. The van der Waals surface area contributed by atoms with E-state index in [1.807, 2.05) is 0 Å². The van der Waals surface area contributed by atoms with Crippen molar-refractivity contribution in [3.8, 4) is 0 Å². The van der Waals surface area contributed by atoms with Crippen LogP contribution in [0.2, 0.25) is 0 Å². The quantitative estimate of drug-likeness (QED) is 0.471. The van der Waals surface area contributed by atoms with Gasteiger partial charge in [0.05, 0.1) is 0 Å². The van der Waals surface area contributed by atoms with Crippen molar-refractivity contribution >= 4 is 0 Å². The second kappa shape index (κ2) is 1.18. The van der Waals surface area contributed by atoms with Gasteiger partial charge in [0.1, 0.15) is 0 Å². The fraction of sp³-hybridized carbons (Fsp3) is 1.00. The lowest BCUT2D eigenvalue weighted by Gasteiger charge is -2.38. The standard InChI is InChI=1S/C4H8O3/c1-3-6-4(2,5)7-3/h3,5H,1-2H3. The van der Waals surface area contributed by atoms with Crippen LogP contribution in [0, 0.1) is 0 Å². The highest BCUT2D eigenvalue weighted by Gasteiger charge is 2.37. The predicted molar refractivity (Wildman–Crippen MR) is 22.3 cm³/mol. The summed E-state index contributed by atoms with van der Waals surface area (Å²) in [6, 6.07) is 0. The molecule has 0 aliphatic carbocycles. The van der Waals surface area contributed by atoms with Crippen LogP contribution in [0.4, 0.5) is 0 Å². The van der Waals surface area contributed by atoms with Crippen molar-refractivity contribution in [2.45, 2.75) is 26.1 Å². The average Bonchev–Trinajstić information content (AvgIpc) is 1.27. The predicted octanol–water partition coefficient (Wildman–Crippen LogP) is 0.0452. The highest BCUT2D eigenvalue weighted by molar-refractivity contribution is 4.54. The van der Waals surface area contributed by atoms with Crippen molar-refractivity contribution < 1.29 is 14.6 Å². The monoisotopic (exact) mass is 104 g/mol. The van der Waals surface area contributed by atoms with Crippen LogP contribution in [0.5, 0.6) is 0 Å². The molecular weight excluding hydrogens is 96.0 g/mol. The van der Waals surface area contributed by atoms with E-state index in [0.29, 0.717) is 0 Å². The van der Waals surface area contributed by atoms with E-state index in [2.05, 4.69) is 9.47 Å². The highest BCUT2D eigenvalue weighted by Crippen LogP contribution is 2.24. The lowest BCUT2D eigenvalue weighted by atomic mass is 10.5. The molecule has 1 aliphatic rings. The molecule has 0 amide bonds. The van der Waals surface area contributed by atoms with Gasteiger partial charge in [0, 0.05) is 6.92 Å². The summed E-state index contributed by atoms with van der Waals surface area (Å²) in [6.45, 7) is 3.17. The van der Waals surface area contributed by atoms with Gasteiger partial charge in [-0.3, -0.25) is 9.47 Å².